The van der Waals surface area contributed by atoms with Gasteiger partial charge in [0.05, 0.1) is 12.1 Å². The Hall–Kier alpha value is -1.90. The maximum Gasteiger partial charge on any atom is 0.417 e. The van der Waals surface area contributed by atoms with E-state index >= 15 is 0 Å². The van der Waals surface area contributed by atoms with Gasteiger partial charge in [-0.2, -0.15) is 18.3 Å². The zero-order chi connectivity index (χ0) is 15.5. The first-order valence-electron chi connectivity index (χ1n) is 5.85. The first-order valence-corrected chi connectivity index (χ1v) is 6.64. The molecule has 0 fully saturated rings. The van der Waals surface area contributed by atoms with Crippen LogP contribution in [0.25, 0.3) is 0 Å². The normalized spacial score (nSPS) is 11.4. The van der Waals surface area contributed by atoms with Crippen molar-refractivity contribution in [3.05, 3.63) is 40.9 Å². The van der Waals surface area contributed by atoms with E-state index in [9.17, 15) is 18.0 Å². The number of halogens is 4. The van der Waals surface area contributed by atoms with Crippen LogP contribution in [0.4, 0.5) is 18.9 Å². The summed E-state index contributed by atoms with van der Waals surface area (Å²) >= 11 is 2.84. The highest BCUT2D eigenvalue weighted by Crippen LogP contribution is 2.36. The summed E-state index contributed by atoms with van der Waals surface area (Å²) in [5.74, 6) is -0.402. The van der Waals surface area contributed by atoms with Crippen LogP contribution in [-0.2, 0) is 17.5 Å². The second-order valence-corrected chi connectivity index (χ2v) is 5.00. The third-order valence-electron chi connectivity index (χ3n) is 2.59. The number of aryl methyl sites for hydroxylation is 1. The highest BCUT2D eigenvalue weighted by Gasteiger charge is 2.33. The van der Waals surface area contributed by atoms with Crippen LogP contribution in [0.3, 0.4) is 0 Å². The van der Waals surface area contributed by atoms with E-state index in [2.05, 4.69) is 31.3 Å². The number of carbonyl (C=O) groups is 1. The van der Waals surface area contributed by atoms with Gasteiger partial charge in [0.1, 0.15) is 12.7 Å². The molecule has 0 aliphatic heterocycles. The van der Waals surface area contributed by atoms with Crippen LogP contribution in [0, 0.1) is 0 Å². The van der Waals surface area contributed by atoms with Gasteiger partial charge in [-0.3, -0.25) is 9.48 Å². The molecule has 0 saturated carbocycles. The molecule has 0 atom stereocenters. The smallest absolute Gasteiger partial charge is 0.326 e. The molecular weight excluding hydrogens is 353 g/mol. The Kier molecular flexibility index (Phi) is 4.61. The van der Waals surface area contributed by atoms with Crippen molar-refractivity contribution in [3.8, 4) is 0 Å². The summed E-state index contributed by atoms with van der Waals surface area (Å²) in [7, 11) is 0. The molecule has 0 bridgehead atoms. The van der Waals surface area contributed by atoms with Gasteiger partial charge < -0.3 is 5.32 Å². The molecule has 9 heteroatoms. The van der Waals surface area contributed by atoms with E-state index in [-0.39, 0.29) is 16.6 Å². The molecule has 0 aliphatic rings. The third kappa shape index (κ3) is 4.28. The fourth-order valence-electron chi connectivity index (χ4n) is 1.61. The number of nitrogens with zero attached hydrogens (tertiary/aromatic N) is 3. The van der Waals surface area contributed by atoms with E-state index in [1.54, 1.807) is 0 Å². The zero-order valence-electron chi connectivity index (χ0n) is 10.6. The number of anilines is 1. The lowest BCUT2D eigenvalue weighted by Crippen LogP contribution is -2.15. The molecule has 0 radical (unpaired) electrons. The molecule has 1 heterocycles. The van der Waals surface area contributed by atoms with Crippen LogP contribution >= 0.6 is 15.9 Å². The molecule has 0 saturated heterocycles. The van der Waals surface area contributed by atoms with Crippen molar-refractivity contribution in [1.29, 1.82) is 0 Å². The van der Waals surface area contributed by atoms with Gasteiger partial charge in [0, 0.05) is 16.6 Å². The second-order valence-electron chi connectivity index (χ2n) is 4.15. The van der Waals surface area contributed by atoms with E-state index in [0.29, 0.717) is 6.54 Å². The van der Waals surface area contributed by atoms with Crippen LogP contribution in [-0.4, -0.2) is 20.7 Å². The van der Waals surface area contributed by atoms with Crippen molar-refractivity contribution in [3.63, 3.8) is 0 Å². The molecule has 2 rings (SSSR count). The second kappa shape index (κ2) is 6.25. The number of nitrogens with one attached hydrogen (secondary N) is 1. The fraction of sp³-hybridized carbons (Fsp3) is 0.250. The Morgan fingerprint density at radius 1 is 1.38 bits per heavy atom. The summed E-state index contributed by atoms with van der Waals surface area (Å²) in [5, 5.41) is 6.25. The zero-order valence-corrected chi connectivity index (χ0v) is 12.1. The lowest BCUT2D eigenvalue weighted by molar-refractivity contribution is -0.138. The number of hydrogen-bond donors (Lipinski definition) is 1. The summed E-state index contributed by atoms with van der Waals surface area (Å²) < 4.78 is 39.6. The number of aromatic nitrogens is 3. The summed E-state index contributed by atoms with van der Waals surface area (Å²) in [4.78, 5) is 15.4. The van der Waals surface area contributed by atoms with Crippen LogP contribution in [0.15, 0.2) is 35.3 Å². The minimum absolute atomic E-state index is 0.0735. The topological polar surface area (TPSA) is 59.8 Å². The molecule has 1 aromatic carbocycles. The Balaban J connectivity index is 2.01. The monoisotopic (exact) mass is 362 g/mol. The molecule has 0 spiro atoms. The van der Waals surface area contributed by atoms with E-state index in [1.807, 2.05) is 0 Å². The van der Waals surface area contributed by atoms with Crippen LogP contribution in [0.2, 0.25) is 0 Å². The first kappa shape index (κ1) is 15.5. The number of rotatable bonds is 4. The lowest BCUT2D eigenvalue weighted by Gasteiger charge is -2.12. The SMILES string of the molecule is O=C(CCn1cncn1)Nc1ccc(Br)c(C(F)(F)F)c1. The quantitative estimate of drug-likeness (QED) is 0.908. The Labute approximate surface area is 126 Å². The molecule has 112 valence electrons. The highest BCUT2D eigenvalue weighted by molar-refractivity contribution is 9.10. The number of alkyl halides is 3. The van der Waals surface area contributed by atoms with Crippen molar-refractivity contribution in [2.24, 2.45) is 0 Å². The van der Waals surface area contributed by atoms with E-state index in [0.717, 1.165) is 6.07 Å². The van der Waals surface area contributed by atoms with Gasteiger partial charge in [0.15, 0.2) is 0 Å². The van der Waals surface area contributed by atoms with Gasteiger partial charge in [-0.15, -0.1) is 0 Å². The number of benzene rings is 1. The predicted octanol–water partition coefficient (Wildman–Crippen LogP) is 3.09. The number of carbonyl (C=O) groups excluding carboxylic acids is 1. The molecule has 1 N–H and O–H groups in total. The molecule has 2 aromatic rings. The molecule has 21 heavy (non-hydrogen) atoms. The minimum Gasteiger partial charge on any atom is -0.326 e. The minimum atomic E-state index is -4.49. The van der Waals surface area contributed by atoms with Crippen molar-refractivity contribution < 1.29 is 18.0 Å². The Bertz CT molecular complexity index is 628. The van der Waals surface area contributed by atoms with Gasteiger partial charge >= 0.3 is 6.18 Å². The average Bonchev–Trinajstić information content (AvgIpc) is 2.90. The third-order valence-corrected chi connectivity index (χ3v) is 3.28. The highest BCUT2D eigenvalue weighted by atomic mass is 79.9. The van der Waals surface area contributed by atoms with Crippen molar-refractivity contribution in [2.45, 2.75) is 19.1 Å². The number of hydrogen-bond acceptors (Lipinski definition) is 3. The van der Waals surface area contributed by atoms with Crippen molar-refractivity contribution in [1.82, 2.24) is 14.8 Å². The number of amides is 1. The fourth-order valence-corrected chi connectivity index (χ4v) is 2.08. The van der Waals surface area contributed by atoms with Gasteiger partial charge in [-0.1, -0.05) is 15.9 Å². The van der Waals surface area contributed by atoms with Crippen molar-refractivity contribution >= 4 is 27.5 Å². The lowest BCUT2D eigenvalue weighted by atomic mass is 10.2. The van der Waals surface area contributed by atoms with E-state index in [4.69, 9.17) is 0 Å². The molecule has 1 amide bonds. The Morgan fingerprint density at radius 2 is 2.14 bits per heavy atom. The maximum absolute atomic E-state index is 12.7. The van der Waals surface area contributed by atoms with E-state index in [1.165, 1.54) is 29.5 Å². The Morgan fingerprint density at radius 3 is 2.76 bits per heavy atom. The molecule has 1 aromatic heterocycles. The predicted molar refractivity (Wildman–Crippen MR) is 72.4 cm³/mol. The van der Waals surface area contributed by atoms with E-state index < -0.39 is 17.6 Å². The standard InChI is InChI=1S/C12H10BrF3N4O/c13-10-2-1-8(5-9(10)12(14,15)16)19-11(21)3-4-20-7-17-6-18-20/h1-2,5-7H,3-4H2,(H,19,21). The average molecular weight is 363 g/mol. The summed E-state index contributed by atoms with van der Waals surface area (Å²) in [6.45, 7) is 0.300. The van der Waals surface area contributed by atoms with Gasteiger partial charge in [-0.05, 0) is 18.2 Å². The van der Waals surface area contributed by atoms with Gasteiger partial charge in [0.2, 0.25) is 5.91 Å². The maximum atomic E-state index is 12.7. The van der Waals surface area contributed by atoms with Crippen LogP contribution in [0.5, 0.6) is 0 Å². The largest absolute Gasteiger partial charge is 0.417 e. The first-order chi connectivity index (χ1) is 9.86. The van der Waals surface area contributed by atoms with Crippen LogP contribution < -0.4 is 5.32 Å². The molecule has 5 nitrogen and oxygen atoms in total. The summed E-state index contributed by atoms with van der Waals surface area (Å²) in [5.41, 5.74) is -0.745. The molecule has 0 aliphatic carbocycles. The van der Waals surface area contributed by atoms with Crippen LogP contribution in [0.1, 0.15) is 12.0 Å². The molecule has 0 unspecified atom stereocenters. The summed E-state index contributed by atoms with van der Waals surface area (Å²) in [6.07, 6.45) is -1.61. The molecular formula is C12H10BrF3N4O. The van der Waals surface area contributed by atoms with Gasteiger partial charge in [-0.25, -0.2) is 4.98 Å². The van der Waals surface area contributed by atoms with Crippen molar-refractivity contribution in [2.75, 3.05) is 5.32 Å². The van der Waals surface area contributed by atoms with Gasteiger partial charge in [0.25, 0.3) is 0 Å². The summed E-state index contributed by atoms with van der Waals surface area (Å²) in [6, 6.07) is 3.53.